The summed E-state index contributed by atoms with van der Waals surface area (Å²) >= 11 is 0. The molecule has 1 aliphatic rings. The summed E-state index contributed by atoms with van der Waals surface area (Å²) < 4.78 is 59.5. The van der Waals surface area contributed by atoms with Crippen molar-refractivity contribution in [3.05, 3.63) is 58.4 Å². The van der Waals surface area contributed by atoms with Gasteiger partial charge < -0.3 is 19.3 Å². The summed E-state index contributed by atoms with van der Waals surface area (Å²) in [5, 5.41) is 9.43. The van der Waals surface area contributed by atoms with E-state index in [0.717, 1.165) is 12.1 Å². The first kappa shape index (κ1) is 22.0. The minimum atomic E-state index is -1.92. The third-order valence-corrected chi connectivity index (χ3v) is 4.96. The first-order valence-electron chi connectivity index (χ1n) is 9.47. The average molecular weight is 424 g/mol. The van der Waals surface area contributed by atoms with Gasteiger partial charge in [-0.2, -0.15) is 0 Å². The molecule has 0 radical (unpaired) electrons. The van der Waals surface area contributed by atoms with Gasteiger partial charge in [0.2, 0.25) is 0 Å². The zero-order chi connectivity index (χ0) is 22.3. The lowest BCUT2D eigenvalue weighted by molar-refractivity contribution is -0.164. The molecule has 2 aromatic rings. The summed E-state index contributed by atoms with van der Waals surface area (Å²) in [5.74, 6) is -4.32. The smallest absolute Gasteiger partial charge is 0.340 e. The Morgan fingerprint density at radius 2 is 1.83 bits per heavy atom. The Labute approximate surface area is 172 Å². The van der Waals surface area contributed by atoms with E-state index >= 15 is 0 Å². The fraction of sp³-hybridized carbons (Fsp3) is 0.409. The number of benzene rings is 2. The zero-order valence-corrected chi connectivity index (χ0v) is 17.1. The number of hydrogen-bond acceptors (Lipinski definition) is 4. The fourth-order valence-corrected chi connectivity index (χ4v) is 3.53. The van der Waals surface area contributed by atoms with Crippen LogP contribution >= 0.6 is 0 Å². The second-order valence-corrected chi connectivity index (χ2v) is 7.92. The van der Waals surface area contributed by atoms with E-state index in [4.69, 9.17) is 14.2 Å². The van der Waals surface area contributed by atoms with Crippen molar-refractivity contribution in [2.24, 2.45) is 0 Å². The number of carbonyl (C=O) groups is 1. The van der Waals surface area contributed by atoms with Crippen LogP contribution in [-0.2, 0) is 28.2 Å². The van der Waals surface area contributed by atoms with Crippen molar-refractivity contribution in [3.8, 4) is 11.5 Å². The van der Waals surface area contributed by atoms with Gasteiger partial charge in [0.1, 0.15) is 23.8 Å². The van der Waals surface area contributed by atoms with Crippen LogP contribution in [0.4, 0.5) is 13.2 Å². The van der Waals surface area contributed by atoms with E-state index < -0.39 is 40.4 Å². The van der Waals surface area contributed by atoms with Crippen molar-refractivity contribution in [1.82, 2.24) is 0 Å². The summed E-state index contributed by atoms with van der Waals surface area (Å²) in [5.41, 5.74) is -1.66. The molecule has 0 aliphatic carbocycles. The van der Waals surface area contributed by atoms with Gasteiger partial charge >= 0.3 is 5.97 Å². The SMILES string of the molecule is CCOC(C)(C(=O)O)c1cc(F)c(OCc2cc(F)cc3c2OC(C)(C)C3)c(F)c1. The molecule has 3 rings (SSSR count). The van der Waals surface area contributed by atoms with Crippen LogP contribution in [0, 0.1) is 17.5 Å². The van der Waals surface area contributed by atoms with Crippen LogP contribution in [0.5, 0.6) is 11.5 Å². The topological polar surface area (TPSA) is 65.0 Å². The number of aliphatic carboxylic acids is 1. The predicted molar refractivity (Wildman–Crippen MR) is 102 cm³/mol. The van der Waals surface area contributed by atoms with E-state index in [1.165, 1.54) is 19.1 Å². The van der Waals surface area contributed by atoms with Crippen molar-refractivity contribution < 1.29 is 37.3 Å². The molecule has 1 aliphatic heterocycles. The molecule has 0 amide bonds. The van der Waals surface area contributed by atoms with E-state index in [1.807, 2.05) is 13.8 Å². The number of rotatable bonds is 7. The van der Waals surface area contributed by atoms with Crippen LogP contribution in [0.1, 0.15) is 44.4 Å². The normalized spacial score (nSPS) is 16.5. The summed E-state index contributed by atoms with van der Waals surface area (Å²) in [6, 6.07) is 4.28. The second kappa shape index (κ2) is 7.83. The Morgan fingerprint density at radius 3 is 2.40 bits per heavy atom. The number of carboxylic acids is 1. The summed E-state index contributed by atoms with van der Waals surface area (Å²) in [7, 11) is 0. The lowest BCUT2D eigenvalue weighted by atomic mass is 9.95. The maximum absolute atomic E-state index is 14.6. The fourth-order valence-electron chi connectivity index (χ4n) is 3.53. The van der Waals surface area contributed by atoms with E-state index in [0.29, 0.717) is 23.3 Å². The molecule has 5 nitrogen and oxygen atoms in total. The Balaban J connectivity index is 1.89. The van der Waals surface area contributed by atoms with Gasteiger partial charge in [-0.3, -0.25) is 0 Å². The number of hydrogen-bond donors (Lipinski definition) is 1. The maximum Gasteiger partial charge on any atom is 0.340 e. The van der Waals surface area contributed by atoms with Gasteiger partial charge in [-0.05, 0) is 52.0 Å². The van der Waals surface area contributed by atoms with Gasteiger partial charge in [-0.15, -0.1) is 0 Å². The van der Waals surface area contributed by atoms with Crippen molar-refractivity contribution in [2.75, 3.05) is 6.61 Å². The molecule has 1 heterocycles. The minimum absolute atomic E-state index is 0.0331. The predicted octanol–water partition coefficient (Wildman–Crippen LogP) is 4.73. The molecule has 0 aromatic heterocycles. The highest BCUT2D eigenvalue weighted by molar-refractivity contribution is 5.79. The monoisotopic (exact) mass is 424 g/mol. The van der Waals surface area contributed by atoms with Gasteiger partial charge in [0.15, 0.2) is 23.0 Å². The number of halogens is 3. The van der Waals surface area contributed by atoms with E-state index in [1.54, 1.807) is 6.92 Å². The Morgan fingerprint density at radius 1 is 1.20 bits per heavy atom. The molecule has 0 bridgehead atoms. The highest BCUT2D eigenvalue weighted by Crippen LogP contribution is 2.39. The van der Waals surface area contributed by atoms with Gasteiger partial charge in [-0.25, -0.2) is 18.0 Å². The molecule has 0 spiro atoms. The summed E-state index contributed by atoms with van der Waals surface area (Å²) in [6.45, 7) is 6.20. The molecule has 30 heavy (non-hydrogen) atoms. The Hall–Kier alpha value is -2.74. The van der Waals surface area contributed by atoms with Crippen molar-refractivity contribution in [3.63, 3.8) is 0 Å². The van der Waals surface area contributed by atoms with Crippen molar-refractivity contribution in [1.29, 1.82) is 0 Å². The lowest BCUT2D eigenvalue weighted by Crippen LogP contribution is -2.35. The van der Waals surface area contributed by atoms with E-state index in [2.05, 4.69) is 0 Å². The Bertz CT molecular complexity index is 966. The first-order valence-corrected chi connectivity index (χ1v) is 9.47. The van der Waals surface area contributed by atoms with Crippen molar-refractivity contribution >= 4 is 5.97 Å². The molecule has 1 N–H and O–H groups in total. The van der Waals surface area contributed by atoms with Gasteiger partial charge in [-0.1, -0.05) is 0 Å². The molecule has 0 saturated carbocycles. The van der Waals surface area contributed by atoms with Crippen LogP contribution in [0.15, 0.2) is 24.3 Å². The van der Waals surface area contributed by atoms with Crippen LogP contribution in [0.25, 0.3) is 0 Å². The average Bonchev–Trinajstić information content (AvgIpc) is 2.94. The molecule has 8 heteroatoms. The van der Waals surface area contributed by atoms with E-state index in [9.17, 15) is 23.1 Å². The number of carboxylic acid groups (broad SMARTS) is 1. The Kier molecular flexibility index (Phi) is 5.73. The van der Waals surface area contributed by atoms with Crippen molar-refractivity contribution in [2.45, 2.75) is 51.9 Å². The number of fused-ring (bicyclic) bond motifs is 1. The third kappa shape index (κ3) is 4.09. The molecular formula is C22H23F3O5. The van der Waals surface area contributed by atoms with Crippen LogP contribution in [0.3, 0.4) is 0 Å². The molecule has 2 aromatic carbocycles. The quantitative estimate of drug-likeness (QED) is 0.696. The maximum atomic E-state index is 14.6. The second-order valence-electron chi connectivity index (χ2n) is 7.92. The molecule has 1 unspecified atom stereocenters. The van der Waals surface area contributed by atoms with Gasteiger partial charge in [0.25, 0.3) is 0 Å². The summed E-state index contributed by atoms with van der Waals surface area (Å²) in [6.07, 6.45) is 0.496. The molecule has 162 valence electrons. The molecule has 1 atom stereocenters. The lowest BCUT2D eigenvalue weighted by Gasteiger charge is -2.25. The van der Waals surface area contributed by atoms with Crippen LogP contribution in [0.2, 0.25) is 0 Å². The highest BCUT2D eigenvalue weighted by atomic mass is 19.1. The van der Waals surface area contributed by atoms with Crippen LogP contribution < -0.4 is 9.47 Å². The largest absolute Gasteiger partial charge is 0.487 e. The molecule has 0 saturated heterocycles. The molecular weight excluding hydrogens is 401 g/mol. The van der Waals surface area contributed by atoms with Gasteiger partial charge in [0, 0.05) is 29.7 Å². The van der Waals surface area contributed by atoms with E-state index in [-0.39, 0.29) is 18.8 Å². The zero-order valence-electron chi connectivity index (χ0n) is 17.1. The molecule has 0 fully saturated rings. The third-order valence-electron chi connectivity index (χ3n) is 4.96. The number of ether oxygens (including phenoxy) is 3. The first-order chi connectivity index (χ1) is 14.0. The van der Waals surface area contributed by atoms with Gasteiger partial charge in [0.05, 0.1) is 0 Å². The standard InChI is InChI=1S/C22H23F3O5/c1-5-29-22(4,20(26)27)14-8-16(24)19(17(25)9-14)28-11-13-7-15(23)6-12-10-21(2,3)30-18(12)13/h6-9H,5,10-11H2,1-4H3,(H,26,27). The van der Waals surface area contributed by atoms with Crippen LogP contribution in [-0.4, -0.2) is 23.3 Å². The highest BCUT2D eigenvalue weighted by Gasteiger charge is 2.38. The summed E-state index contributed by atoms with van der Waals surface area (Å²) in [4.78, 5) is 11.6. The minimum Gasteiger partial charge on any atom is -0.487 e.